The molecule has 1 heterocycles. The molecule has 184 valence electrons. The second kappa shape index (κ2) is 9.80. The molecule has 2 N–H and O–H groups in total. The largest absolute Gasteiger partial charge is 0.444 e. The molecule has 1 unspecified atom stereocenters. The van der Waals surface area contributed by atoms with Gasteiger partial charge in [-0.3, -0.25) is 10.3 Å². The summed E-state index contributed by atoms with van der Waals surface area (Å²) in [5.41, 5.74) is 4.82. The topological polar surface area (TPSA) is 62.8 Å². The van der Waals surface area contributed by atoms with E-state index in [2.05, 4.69) is 76.5 Å². The molecule has 1 aliphatic carbocycles. The summed E-state index contributed by atoms with van der Waals surface area (Å²) in [5, 5.41) is 5.06. The molecule has 33 heavy (non-hydrogen) atoms. The van der Waals surface area contributed by atoms with E-state index >= 15 is 0 Å². The lowest BCUT2D eigenvalue weighted by molar-refractivity contribution is 0.0701. The third-order valence-corrected chi connectivity index (χ3v) is 11.0. The first-order valence-corrected chi connectivity index (χ1v) is 15.2. The molecular formula is C26H43N3O3Si. The van der Waals surface area contributed by atoms with Crippen LogP contribution in [0.5, 0.6) is 0 Å². The number of nitrogens with one attached hydrogen (secondary N) is 2. The summed E-state index contributed by atoms with van der Waals surface area (Å²) in [6, 6.07) is 9.73. The second-order valence-electron chi connectivity index (χ2n) is 11.6. The van der Waals surface area contributed by atoms with Gasteiger partial charge in [-0.05, 0) is 83.1 Å². The Kier molecular flexibility index (Phi) is 7.66. The highest BCUT2D eigenvalue weighted by atomic mass is 28.4. The van der Waals surface area contributed by atoms with Gasteiger partial charge < -0.3 is 9.16 Å². The van der Waals surface area contributed by atoms with Gasteiger partial charge in [0.15, 0.2) is 8.32 Å². The van der Waals surface area contributed by atoms with Gasteiger partial charge in [0.2, 0.25) is 0 Å². The molecule has 1 fully saturated rings. The van der Waals surface area contributed by atoms with Crippen LogP contribution in [0.2, 0.25) is 18.6 Å². The molecule has 3 rings (SSSR count). The number of ether oxygens (including phenoxy) is 1. The lowest BCUT2D eigenvalue weighted by atomic mass is 9.85. The Balaban J connectivity index is 1.68. The van der Waals surface area contributed by atoms with Crippen LogP contribution in [0.1, 0.15) is 66.4 Å². The molecule has 1 aliphatic heterocycles. The number of hydrogen-bond acceptors (Lipinski definition) is 5. The van der Waals surface area contributed by atoms with Gasteiger partial charge in [-0.25, -0.2) is 10.2 Å². The number of carbonyl (C=O) groups excluding carboxylic acids is 1. The van der Waals surface area contributed by atoms with Crippen LogP contribution in [0.4, 0.5) is 4.79 Å². The molecule has 3 atom stereocenters. The number of alkyl carbamates (subject to hydrolysis) is 1. The zero-order valence-electron chi connectivity index (χ0n) is 21.7. The molecule has 1 aromatic carbocycles. The zero-order chi connectivity index (χ0) is 24.4. The minimum Gasteiger partial charge on any atom is -0.444 e. The Morgan fingerprint density at radius 1 is 1.24 bits per heavy atom. The third-order valence-electron chi connectivity index (χ3n) is 7.24. The zero-order valence-corrected chi connectivity index (χ0v) is 22.7. The molecule has 0 spiro atoms. The summed E-state index contributed by atoms with van der Waals surface area (Å²) in [6.07, 6.45) is 5.28. The molecular weight excluding hydrogens is 430 g/mol. The highest BCUT2D eigenvalue weighted by molar-refractivity contribution is 6.72. The molecule has 6 nitrogen and oxygen atoms in total. The number of benzene rings is 1. The van der Waals surface area contributed by atoms with Crippen molar-refractivity contribution < 1.29 is 14.0 Å². The highest BCUT2D eigenvalue weighted by Gasteiger charge is 2.47. The Morgan fingerprint density at radius 3 is 2.52 bits per heavy atom. The Morgan fingerprint density at radius 2 is 1.91 bits per heavy atom. The van der Waals surface area contributed by atoms with Crippen LogP contribution in [-0.4, -0.2) is 36.6 Å². The van der Waals surface area contributed by atoms with E-state index in [9.17, 15) is 4.79 Å². The van der Waals surface area contributed by atoms with Crippen LogP contribution in [0.15, 0.2) is 42.2 Å². The molecule has 0 aromatic heterocycles. The van der Waals surface area contributed by atoms with E-state index in [4.69, 9.17) is 9.16 Å². The van der Waals surface area contributed by atoms with Gasteiger partial charge in [-0.1, -0.05) is 44.2 Å². The first-order valence-electron chi connectivity index (χ1n) is 12.3. The van der Waals surface area contributed by atoms with Gasteiger partial charge in [-0.15, -0.1) is 0 Å². The van der Waals surface area contributed by atoms with Crippen molar-refractivity contribution >= 4 is 14.4 Å². The lowest BCUT2D eigenvalue weighted by Gasteiger charge is -2.40. The van der Waals surface area contributed by atoms with Crippen molar-refractivity contribution in [2.75, 3.05) is 0 Å². The molecule has 0 bridgehead atoms. The SMILES string of the molecule is CC(C)[Si](C)(C)O[C@@H]1CC[C@H](C2(C)C=C(NC(=O)OCc3ccccc3)N(C(C)(C)C)N2)C1. The number of nitrogens with zero attached hydrogens (tertiary/aromatic N) is 1. The fourth-order valence-corrected chi connectivity index (χ4v) is 5.88. The molecule has 0 saturated heterocycles. The van der Waals surface area contributed by atoms with Crippen molar-refractivity contribution in [3.05, 3.63) is 47.8 Å². The molecule has 1 aromatic rings. The number of hydrazine groups is 1. The van der Waals surface area contributed by atoms with Crippen LogP contribution in [-0.2, 0) is 15.8 Å². The fourth-order valence-electron chi connectivity index (χ4n) is 4.53. The van der Waals surface area contributed by atoms with E-state index in [-0.39, 0.29) is 17.7 Å². The third kappa shape index (κ3) is 6.40. The van der Waals surface area contributed by atoms with E-state index in [0.717, 1.165) is 30.6 Å². The predicted octanol–water partition coefficient (Wildman–Crippen LogP) is 5.93. The van der Waals surface area contributed by atoms with Crippen LogP contribution in [0.25, 0.3) is 0 Å². The van der Waals surface area contributed by atoms with Crippen molar-refractivity contribution in [1.29, 1.82) is 0 Å². The number of amides is 1. The Bertz CT molecular complexity index is 850. The summed E-state index contributed by atoms with van der Waals surface area (Å²) < 4.78 is 12.1. The maximum atomic E-state index is 12.6. The first-order chi connectivity index (χ1) is 15.3. The van der Waals surface area contributed by atoms with Gasteiger partial charge in [0.1, 0.15) is 12.4 Å². The Hall–Kier alpha value is -1.83. The number of hydrogen-bond donors (Lipinski definition) is 2. The molecule has 7 heteroatoms. The van der Waals surface area contributed by atoms with E-state index < -0.39 is 14.4 Å². The van der Waals surface area contributed by atoms with Crippen molar-refractivity contribution in [3.8, 4) is 0 Å². The maximum Gasteiger partial charge on any atom is 0.413 e. The normalized spacial score (nSPS) is 26.0. The van der Waals surface area contributed by atoms with E-state index in [1.165, 1.54) is 0 Å². The minimum atomic E-state index is -1.67. The van der Waals surface area contributed by atoms with Crippen LogP contribution in [0.3, 0.4) is 0 Å². The van der Waals surface area contributed by atoms with Crippen LogP contribution < -0.4 is 10.7 Å². The van der Waals surface area contributed by atoms with E-state index in [0.29, 0.717) is 17.6 Å². The van der Waals surface area contributed by atoms with Crippen molar-refractivity contribution in [3.63, 3.8) is 0 Å². The van der Waals surface area contributed by atoms with Gasteiger partial charge in [0.25, 0.3) is 0 Å². The minimum absolute atomic E-state index is 0.211. The monoisotopic (exact) mass is 473 g/mol. The number of rotatable bonds is 7. The average molecular weight is 474 g/mol. The summed E-state index contributed by atoms with van der Waals surface area (Å²) in [4.78, 5) is 12.6. The molecule has 0 radical (unpaired) electrons. The summed E-state index contributed by atoms with van der Waals surface area (Å²) in [6.45, 7) is 18.1. The first kappa shape index (κ1) is 25.8. The molecule has 1 saturated carbocycles. The van der Waals surface area contributed by atoms with Gasteiger partial charge in [-0.2, -0.15) is 0 Å². The smallest absolute Gasteiger partial charge is 0.413 e. The summed E-state index contributed by atoms with van der Waals surface area (Å²) >= 11 is 0. The standard InChI is InChI=1S/C26H43N3O3Si/c1-19(2)33(7,8)32-22-15-14-21(16-22)26(6)17-23(29(28-26)25(3,4)5)27-24(30)31-18-20-12-10-9-11-13-20/h9-13,17,19,21-22,28H,14-16,18H2,1-8H3,(H,27,30)/t21-,22+,26?/m0/s1. The summed E-state index contributed by atoms with van der Waals surface area (Å²) in [7, 11) is -1.67. The lowest BCUT2D eigenvalue weighted by Crippen LogP contribution is -2.56. The van der Waals surface area contributed by atoms with Crippen molar-refractivity contribution in [2.24, 2.45) is 5.92 Å². The predicted molar refractivity (Wildman–Crippen MR) is 136 cm³/mol. The van der Waals surface area contributed by atoms with Crippen molar-refractivity contribution in [2.45, 2.75) is 103 Å². The maximum absolute atomic E-state index is 12.6. The van der Waals surface area contributed by atoms with Crippen molar-refractivity contribution in [1.82, 2.24) is 15.8 Å². The molecule has 2 aliphatic rings. The second-order valence-corrected chi connectivity index (χ2v) is 16.2. The van der Waals surface area contributed by atoms with Gasteiger partial charge in [0.05, 0.1) is 5.54 Å². The average Bonchev–Trinajstić information content (AvgIpc) is 3.32. The van der Waals surface area contributed by atoms with E-state index in [1.807, 2.05) is 30.3 Å². The number of carbonyl (C=O) groups is 1. The highest BCUT2D eigenvalue weighted by Crippen LogP contribution is 2.42. The van der Waals surface area contributed by atoms with Crippen LogP contribution in [0, 0.1) is 5.92 Å². The quantitative estimate of drug-likeness (QED) is 0.481. The van der Waals surface area contributed by atoms with Gasteiger partial charge in [0, 0.05) is 11.6 Å². The van der Waals surface area contributed by atoms with E-state index in [1.54, 1.807) is 0 Å². The van der Waals surface area contributed by atoms with Gasteiger partial charge >= 0.3 is 6.09 Å². The molecule has 1 amide bonds. The Labute approximate surface area is 201 Å². The fraction of sp³-hybridized carbons (Fsp3) is 0.654. The summed E-state index contributed by atoms with van der Waals surface area (Å²) in [5.74, 6) is 1.19. The van der Waals surface area contributed by atoms with Crippen LogP contribution >= 0.6 is 0 Å².